The topological polar surface area (TPSA) is 44.1 Å². The van der Waals surface area contributed by atoms with Crippen molar-refractivity contribution in [3.05, 3.63) is 76.3 Å². The van der Waals surface area contributed by atoms with E-state index in [0.29, 0.717) is 11.4 Å². The Balaban J connectivity index is 2.16. The first-order chi connectivity index (χ1) is 10.7. The molecule has 0 fully saturated rings. The molecule has 1 aromatic heterocycles. The summed E-state index contributed by atoms with van der Waals surface area (Å²) in [5, 5.41) is 0.259. The standard InChI is InChI=1S/C17H13ClN2O2/c1-22-14-9-7-13(8-10-14)20-11-15(18)19-16(17(20)21)12-5-3-2-4-6-12/h2-11H,1H3. The van der Waals surface area contributed by atoms with Gasteiger partial charge in [-0.25, -0.2) is 4.98 Å². The molecular formula is C17H13ClN2O2. The number of hydrogen-bond donors (Lipinski definition) is 0. The summed E-state index contributed by atoms with van der Waals surface area (Å²) in [7, 11) is 1.60. The third-order valence-corrected chi connectivity index (χ3v) is 3.46. The van der Waals surface area contributed by atoms with Crippen molar-refractivity contribution < 1.29 is 4.74 Å². The van der Waals surface area contributed by atoms with Gasteiger partial charge < -0.3 is 4.74 Å². The molecule has 3 aromatic rings. The predicted molar refractivity (Wildman–Crippen MR) is 86.8 cm³/mol. The van der Waals surface area contributed by atoms with Gasteiger partial charge in [-0.05, 0) is 24.3 Å². The van der Waals surface area contributed by atoms with Crippen molar-refractivity contribution in [2.75, 3.05) is 7.11 Å². The van der Waals surface area contributed by atoms with Crippen LogP contribution in [-0.2, 0) is 0 Å². The summed E-state index contributed by atoms with van der Waals surface area (Å²) in [4.78, 5) is 16.9. The fourth-order valence-electron chi connectivity index (χ4n) is 2.18. The van der Waals surface area contributed by atoms with Crippen LogP contribution in [0.15, 0.2) is 65.6 Å². The highest BCUT2D eigenvalue weighted by Gasteiger charge is 2.11. The van der Waals surface area contributed by atoms with Crippen molar-refractivity contribution in [2.45, 2.75) is 0 Å². The zero-order valence-corrected chi connectivity index (χ0v) is 12.6. The van der Waals surface area contributed by atoms with Crippen molar-refractivity contribution in [1.29, 1.82) is 0 Å². The van der Waals surface area contributed by atoms with Crippen molar-refractivity contribution in [2.24, 2.45) is 0 Å². The average molecular weight is 313 g/mol. The first-order valence-electron chi connectivity index (χ1n) is 6.68. The maximum Gasteiger partial charge on any atom is 0.281 e. The Morgan fingerprint density at radius 1 is 1.05 bits per heavy atom. The molecule has 0 aliphatic heterocycles. The van der Waals surface area contributed by atoms with E-state index in [4.69, 9.17) is 16.3 Å². The van der Waals surface area contributed by atoms with Crippen LogP contribution in [0.5, 0.6) is 5.75 Å². The van der Waals surface area contributed by atoms with Crippen LogP contribution in [0, 0.1) is 0 Å². The fraction of sp³-hybridized carbons (Fsp3) is 0.0588. The number of halogens is 1. The number of nitrogens with zero attached hydrogens (tertiary/aromatic N) is 2. The van der Waals surface area contributed by atoms with Gasteiger partial charge in [0.1, 0.15) is 16.6 Å². The molecule has 0 saturated carbocycles. The van der Waals surface area contributed by atoms with E-state index >= 15 is 0 Å². The lowest BCUT2D eigenvalue weighted by Gasteiger charge is -2.09. The Bertz CT molecular complexity index is 843. The van der Waals surface area contributed by atoms with Crippen molar-refractivity contribution in [1.82, 2.24) is 9.55 Å². The van der Waals surface area contributed by atoms with E-state index < -0.39 is 0 Å². The molecule has 5 heteroatoms. The molecule has 1 heterocycles. The summed E-state index contributed by atoms with van der Waals surface area (Å²) in [5.74, 6) is 0.722. The van der Waals surface area contributed by atoms with Gasteiger partial charge in [0, 0.05) is 11.3 Å². The summed E-state index contributed by atoms with van der Waals surface area (Å²) in [6.07, 6.45) is 1.51. The number of hydrogen-bond acceptors (Lipinski definition) is 3. The molecule has 0 spiro atoms. The van der Waals surface area contributed by atoms with Gasteiger partial charge in [-0.2, -0.15) is 0 Å². The lowest BCUT2D eigenvalue weighted by Crippen LogP contribution is -2.21. The minimum absolute atomic E-state index is 0.222. The monoisotopic (exact) mass is 312 g/mol. The Labute approximate surface area is 132 Å². The summed E-state index contributed by atoms with van der Waals surface area (Å²) in [6, 6.07) is 16.4. The van der Waals surface area contributed by atoms with Crippen LogP contribution < -0.4 is 10.3 Å². The Morgan fingerprint density at radius 2 is 1.73 bits per heavy atom. The molecule has 0 amide bonds. The second-order valence-corrected chi connectivity index (χ2v) is 5.04. The van der Waals surface area contributed by atoms with Gasteiger partial charge in [0.2, 0.25) is 0 Å². The van der Waals surface area contributed by atoms with E-state index in [1.54, 1.807) is 31.4 Å². The van der Waals surface area contributed by atoms with Gasteiger partial charge in [-0.3, -0.25) is 9.36 Å². The predicted octanol–water partition coefficient (Wildman–Crippen LogP) is 3.56. The SMILES string of the molecule is COc1ccc(-n2cc(Cl)nc(-c3ccccc3)c2=O)cc1. The van der Waals surface area contributed by atoms with E-state index in [-0.39, 0.29) is 10.7 Å². The Hall–Kier alpha value is -2.59. The van der Waals surface area contributed by atoms with Crippen LogP contribution in [0.4, 0.5) is 0 Å². The second kappa shape index (κ2) is 6.03. The third-order valence-electron chi connectivity index (χ3n) is 3.27. The minimum atomic E-state index is -0.222. The molecule has 0 bridgehead atoms. The summed E-state index contributed by atoms with van der Waals surface area (Å²) in [5.41, 5.74) is 1.54. The average Bonchev–Trinajstić information content (AvgIpc) is 2.57. The second-order valence-electron chi connectivity index (χ2n) is 4.65. The van der Waals surface area contributed by atoms with Crippen molar-refractivity contribution >= 4 is 11.6 Å². The first-order valence-corrected chi connectivity index (χ1v) is 7.06. The van der Waals surface area contributed by atoms with Gasteiger partial charge in [-0.1, -0.05) is 41.9 Å². The molecule has 0 aliphatic carbocycles. The molecule has 0 unspecified atom stereocenters. The van der Waals surface area contributed by atoms with Crippen molar-refractivity contribution in [3.63, 3.8) is 0 Å². The maximum absolute atomic E-state index is 12.7. The number of benzene rings is 2. The highest BCUT2D eigenvalue weighted by atomic mass is 35.5. The van der Waals surface area contributed by atoms with Gasteiger partial charge in [-0.15, -0.1) is 0 Å². The molecule has 0 aliphatic rings. The van der Waals surface area contributed by atoms with E-state index in [1.807, 2.05) is 30.3 Å². The van der Waals surface area contributed by atoms with Crippen LogP contribution in [0.3, 0.4) is 0 Å². The van der Waals surface area contributed by atoms with Gasteiger partial charge in [0.05, 0.1) is 13.3 Å². The van der Waals surface area contributed by atoms with Crippen LogP contribution >= 0.6 is 11.6 Å². The molecule has 0 radical (unpaired) electrons. The smallest absolute Gasteiger partial charge is 0.281 e. The third kappa shape index (κ3) is 2.73. The molecule has 0 saturated heterocycles. The molecule has 2 aromatic carbocycles. The molecule has 0 N–H and O–H groups in total. The normalized spacial score (nSPS) is 10.5. The number of ether oxygens (including phenoxy) is 1. The molecule has 3 rings (SSSR count). The quantitative estimate of drug-likeness (QED) is 0.742. The first kappa shape index (κ1) is 14.4. The molecule has 22 heavy (non-hydrogen) atoms. The molecule has 110 valence electrons. The van der Waals surface area contributed by atoms with E-state index in [0.717, 1.165) is 11.3 Å². The minimum Gasteiger partial charge on any atom is -0.497 e. The highest BCUT2D eigenvalue weighted by molar-refractivity contribution is 6.29. The lowest BCUT2D eigenvalue weighted by atomic mass is 10.1. The van der Waals surface area contributed by atoms with Gasteiger partial charge in [0.15, 0.2) is 0 Å². The number of methoxy groups -OCH3 is 1. The van der Waals surface area contributed by atoms with E-state index in [9.17, 15) is 4.79 Å². The largest absolute Gasteiger partial charge is 0.497 e. The highest BCUT2D eigenvalue weighted by Crippen LogP contribution is 2.18. The Morgan fingerprint density at radius 3 is 2.36 bits per heavy atom. The van der Waals surface area contributed by atoms with Crippen LogP contribution in [0.1, 0.15) is 0 Å². The zero-order chi connectivity index (χ0) is 15.5. The lowest BCUT2D eigenvalue weighted by molar-refractivity contribution is 0.414. The molecule has 4 nitrogen and oxygen atoms in total. The summed E-state index contributed by atoms with van der Waals surface area (Å²) < 4.78 is 6.61. The van der Waals surface area contributed by atoms with Gasteiger partial charge in [0.25, 0.3) is 5.56 Å². The Kier molecular flexibility index (Phi) is 3.94. The van der Waals surface area contributed by atoms with E-state index in [1.165, 1.54) is 10.8 Å². The van der Waals surface area contributed by atoms with Crippen molar-refractivity contribution in [3.8, 4) is 22.7 Å². The summed E-state index contributed by atoms with van der Waals surface area (Å²) in [6.45, 7) is 0. The molecule has 0 atom stereocenters. The van der Waals surface area contributed by atoms with E-state index in [2.05, 4.69) is 4.98 Å². The molecular weight excluding hydrogens is 300 g/mol. The number of aromatic nitrogens is 2. The zero-order valence-electron chi connectivity index (χ0n) is 11.9. The van der Waals surface area contributed by atoms with Crippen LogP contribution in [0.25, 0.3) is 16.9 Å². The van der Waals surface area contributed by atoms with Gasteiger partial charge >= 0.3 is 0 Å². The fourth-order valence-corrected chi connectivity index (χ4v) is 2.36. The maximum atomic E-state index is 12.7. The van der Waals surface area contributed by atoms with Crippen LogP contribution in [-0.4, -0.2) is 16.7 Å². The summed E-state index contributed by atoms with van der Waals surface area (Å²) >= 11 is 6.08. The number of rotatable bonds is 3. The van der Waals surface area contributed by atoms with Crippen LogP contribution in [0.2, 0.25) is 5.15 Å².